The number of fused-ring (bicyclic) bond motifs is 1. The molecule has 20 heavy (non-hydrogen) atoms. The van der Waals surface area contributed by atoms with E-state index in [9.17, 15) is 0 Å². The van der Waals surface area contributed by atoms with Crippen molar-refractivity contribution in [2.24, 2.45) is 0 Å². The minimum atomic E-state index is 0.625. The van der Waals surface area contributed by atoms with E-state index in [1.165, 1.54) is 22.3 Å². The number of allylic oxidation sites excluding steroid dienone is 5. The molecule has 0 spiro atoms. The third-order valence-electron chi connectivity index (χ3n) is 3.10. The lowest BCUT2D eigenvalue weighted by Gasteiger charge is -2.07. The molecule has 0 unspecified atom stereocenters. The van der Waals surface area contributed by atoms with Gasteiger partial charge in [-0.15, -0.1) is 6.58 Å². The Morgan fingerprint density at radius 3 is 2.15 bits per heavy atom. The Balaban J connectivity index is 0.000000382. The van der Waals surface area contributed by atoms with Crippen molar-refractivity contribution in [1.29, 1.82) is 0 Å². The van der Waals surface area contributed by atoms with Crippen molar-refractivity contribution in [2.75, 3.05) is 0 Å². The summed E-state index contributed by atoms with van der Waals surface area (Å²) in [6, 6.07) is 6.70. The molecule has 1 aliphatic rings. The van der Waals surface area contributed by atoms with Crippen molar-refractivity contribution < 1.29 is 0 Å². The van der Waals surface area contributed by atoms with Gasteiger partial charge in [-0.25, -0.2) is 0 Å². The first-order valence-corrected chi connectivity index (χ1v) is 7.11. The van der Waals surface area contributed by atoms with Crippen LogP contribution < -0.4 is 0 Å². The number of hydrogen-bond donors (Lipinski definition) is 0. The van der Waals surface area contributed by atoms with Crippen molar-refractivity contribution in [3.8, 4) is 0 Å². The highest BCUT2D eigenvalue weighted by Gasteiger charge is 2.17. The molecule has 108 valence electrons. The first-order valence-electron chi connectivity index (χ1n) is 7.11. The lowest BCUT2D eigenvalue weighted by molar-refractivity contribution is 0.919. The van der Waals surface area contributed by atoms with Crippen molar-refractivity contribution in [2.45, 2.75) is 40.5 Å². The molecular weight excluding hydrogens is 240 g/mol. The van der Waals surface area contributed by atoms with Crippen LogP contribution in [0.2, 0.25) is 0 Å². The van der Waals surface area contributed by atoms with Crippen LogP contribution in [0.25, 0.3) is 6.08 Å². The molecule has 0 N–H and O–H groups in total. The Hall–Kier alpha value is -1.82. The van der Waals surface area contributed by atoms with Gasteiger partial charge >= 0.3 is 0 Å². The molecule has 0 amide bonds. The van der Waals surface area contributed by atoms with Gasteiger partial charge in [0.25, 0.3) is 0 Å². The molecular formula is C20H28. The van der Waals surface area contributed by atoms with Gasteiger partial charge in [0, 0.05) is 5.92 Å². The lowest BCUT2D eigenvalue weighted by atomic mass is 9.97. The lowest BCUT2D eigenvalue weighted by Crippen LogP contribution is -1.90. The number of aryl methyl sites for hydroxylation is 1. The van der Waals surface area contributed by atoms with E-state index in [4.69, 9.17) is 0 Å². The molecule has 2 rings (SSSR count). The van der Waals surface area contributed by atoms with E-state index in [0.717, 1.165) is 0 Å². The average molecular weight is 268 g/mol. The fourth-order valence-electron chi connectivity index (χ4n) is 1.95. The molecule has 0 radical (unpaired) electrons. The summed E-state index contributed by atoms with van der Waals surface area (Å²) in [6.45, 7) is 17.3. The number of hydrogen-bond acceptors (Lipinski definition) is 0. The topological polar surface area (TPSA) is 0 Å². The molecule has 0 bridgehead atoms. The summed E-state index contributed by atoms with van der Waals surface area (Å²) in [5.41, 5.74) is 5.75. The van der Waals surface area contributed by atoms with Crippen LogP contribution in [0.15, 0.2) is 61.2 Å². The Bertz CT molecular complexity index is 487. The zero-order valence-electron chi connectivity index (χ0n) is 13.6. The zero-order valence-corrected chi connectivity index (χ0v) is 13.6. The molecule has 0 aromatic heterocycles. The van der Waals surface area contributed by atoms with Crippen molar-refractivity contribution in [3.05, 3.63) is 77.9 Å². The van der Waals surface area contributed by atoms with Gasteiger partial charge in [-0.2, -0.15) is 0 Å². The van der Waals surface area contributed by atoms with Crippen LogP contribution in [0.3, 0.4) is 0 Å². The number of benzene rings is 1. The first kappa shape index (κ1) is 18.2. The molecule has 1 atom stereocenters. The maximum absolute atomic E-state index is 3.46. The maximum Gasteiger partial charge on any atom is 0.00264 e. The third-order valence-corrected chi connectivity index (χ3v) is 3.10. The van der Waals surface area contributed by atoms with Crippen LogP contribution in [0.5, 0.6) is 0 Å². The van der Waals surface area contributed by atoms with Gasteiger partial charge in [0.1, 0.15) is 0 Å². The molecule has 1 aliphatic carbocycles. The van der Waals surface area contributed by atoms with E-state index >= 15 is 0 Å². The van der Waals surface area contributed by atoms with E-state index in [2.05, 4.69) is 58.2 Å². The van der Waals surface area contributed by atoms with Gasteiger partial charge in [0.15, 0.2) is 0 Å². The van der Waals surface area contributed by atoms with E-state index < -0.39 is 0 Å². The highest BCUT2D eigenvalue weighted by Crippen LogP contribution is 2.35. The summed E-state index contributed by atoms with van der Waals surface area (Å²) < 4.78 is 0. The highest BCUT2D eigenvalue weighted by molar-refractivity contribution is 5.66. The first-order chi connectivity index (χ1) is 9.51. The van der Waals surface area contributed by atoms with Crippen LogP contribution >= 0.6 is 0 Å². The van der Waals surface area contributed by atoms with E-state index in [1.54, 1.807) is 12.2 Å². The number of rotatable bonds is 1. The van der Waals surface area contributed by atoms with Gasteiger partial charge < -0.3 is 0 Å². The summed E-state index contributed by atoms with van der Waals surface area (Å²) >= 11 is 0. The van der Waals surface area contributed by atoms with Crippen LogP contribution in [0.1, 0.15) is 50.3 Å². The van der Waals surface area contributed by atoms with Crippen LogP contribution in [-0.4, -0.2) is 0 Å². The maximum atomic E-state index is 3.46. The second kappa shape index (κ2) is 10.0. The van der Waals surface area contributed by atoms with Gasteiger partial charge in [-0.3, -0.25) is 0 Å². The van der Waals surface area contributed by atoms with Crippen molar-refractivity contribution >= 4 is 6.08 Å². The highest BCUT2D eigenvalue weighted by atomic mass is 14.2. The Morgan fingerprint density at radius 2 is 1.70 bits per heavy atom. The normalized spacial score (nSPS) is 15.2. The smallest absolute Gasteiger partial charge is 0.00264 e. The Kier molecular flexibility index (Phi) is 9.11. The van der Waals surface area contributed by atoms with Crippen LogP contribution in [0.4, 0.5) is 0 Å². The predicted molar refractivity (Wildman–Crippen MR) is 94.1 cm³/mol. The van der Waals surface area contributed by atoms with Gasteiger partial charge in [0.05, 0.1) is 0 Å². The molecule has 1 aromatic rings. The second-order valence-electron chi connectivity index (χ2n) is 4.91. The molecule has 0 fully saturated rings. The quantitative estimate of drug-likeness (QED) is 0.405. The van der Waals surface area contributed by atoms with Crippen molar-refractivity contribution in [1.82, 2.24) is 0 Å². The zero-order chi connectivity index (χ0) is 15.5. The third kappa shape index (κ3) is 5.88. The second-order valence-corrected chi connectivity index (χ2v) is 4.91. The molecule has 0 saturated heterocycles. The minimum Gasteiger partial charge on any atom is -0.103 e. The van der Waals surface area contributed by atoms with E-state index in [0.29, 0.717) is 5.92 Å². The largest absolute Gasteiger partial charge is 0.103 e. The molecule has 0 saturated carbocycles. The van der Waals surface area contributed by atoms with Crippen LogP contribution in [-0.2, 0) is 0 Å². The summed E-state index contributed by atoms with van der Waals surface area (Å²) in [5, 5.41) is 0. The molecule has 0 heteroatoms. The SMILES string of the molecule is C=C/C=C\C.C=CC.CC1=Cc2ccc(C)cc2[C@@H]1C. The predicted octanol–water partition coefficient (Wildman–Crippen LogP) is 6.46. The Morgan fingerprint density at radius 1 is 1.10 bits per heavy atom. The average Bonchev–Trinajstić information content (AvgIpc) is 2.68. The summed E-state index contributed by atoms with van der Waals surface area (Å²) in [6.07, 6.45) is 9.62. The standard InChI is InChI=1S/C12H14.C5H8.C3H6/c1-8-4-5-11-7-9(2)10(3)12(11)6-8;1-3-5-4-2;1-3-2/h4-7,10H,1-3H3;3-5H,1H2,2H3;3H,1H2,2H3/b;5-4-;/t10-;;/m1../s1. The fourth-order valence-corrected chi connectivity index (χ4v) is 1.95. The van der Waals surface area contributed by atoms with Crippen LogP contribution in [0, 0.1) is 6.92 Å². The summed E-state index contributed by atoms with van der Waals surface area (Å²) in [5.74, 6) is 0.625. The fraction of sp³-hybridized carbons (Fsp3) is 0.300. The van der Waals surface area contributed by atoms with Gasteiger partial charge in [0.2, 0.25) is 0 Å². The summed E-state index contributed by atoms with van der Waals surface area (Å²) in [7, 11) is 0. The van der Waals surface area contributed by atoms with Gasteiger partial charge in [-0.05, 0) is 38.8 Å². The van der Waals surface area contributed by atoms with E-state index in [-0.39, 0.29) is 0 Å². The molecule has 0 heterocycles. The molecule has 0 nitrogen and oxygen atoms in total. The van der Waals surface area contributed by atoms with E-state index in [1.807, 2.05) is 26.0 Å². The summed E-state index contributed by atoms with van der Waals surface area (Å²) in [4.78, 5) is 0. The molecule has 1 aromatic carbocycles. The van der Waals surface area contributed by atoms with Gasteiger partial charge in [-0.1, -0.05) is 73.2 Å². The van der Waals surface area contributed by atoms with Crippen molar-refractivity contribution in [3.63, 3.8) is 0 Å². The Labute approximate surface area is 125 Å². The monoisotopic (exact) mass is 268 g/mol. The minimum absolute atomic E-state index is 0.625. The molecule has 0 aliphatic heterocycles.